The van der Waals surface area contributed by atoms with E-state index in [0.29, 0.717) is 16.8 Å². The van der Waals surface area contributed by atoms with Crippen LogP contribution in [0.3, 0.4) is 0 Å². The SMILES string of the molecule is Nc1cccc(F)c1N1CCC2(CCC2)CC1. The number of nitrogen functional groups attached to an aromatic ring is 1. The van der Waals surface area contributed by atoms with Crippen molar-refractivity contribution in [3.8, 4) is 0 Å². The summed E-state index contributed by atoms with van der Waals surface area (Å²) >= 11 is 0. The van der Waals surface area contributed by atoms with Gasteiger partial charge in [-0.15, -0.1) is 0 Å². The van der Waals surface area contributed by atoms with Crippen LogP contribution in [0, 0.1) is 11.2 Å². The van der Waals surface area contributed by atoms with Gasteiger partial charge in [0.2, 0.25) is 0 Å². The highest BCUT2D eigenvalue weighted by Gasteiger charge is 2.39. The lowest BCUT2D eigenvalue weighted by atomic mass is 9.63. The molecule has 0 aromatic heterocycles. The van der Waals surface area contributed by atoms with Crippen molar-refractivity contribution in [1.29, 1.82) is 0 Å². The average molecular weight is 234 g/mol. The first-order valence-corrected chi connectivity index (χ1v) is 6.49. The Hall–Kier alpha value is -1.25. The van der Waals surface area contributed by atoms with Crippen LogP contribution in [0.5, 0.6) is 0 Å². The van der Waals surface area contributed by atoms with Crippen LogP contribution in [0.2, 0.25) is 0 Å². The second-order valence-electron chi connectivity index (χ2n) is 5.52. The summed E-state index contributed by atoms with van der Waals surface area (Å²) in [4.78, 5) is 2.12. The van der Waals surface area contributed by atoms with Gasteiger partial charge in [-0.1, -0.05) is 12.5 Å². The molecule has 0 unspecified atom stereocenters. The van der Waals surface area contributed by atoms with Gasteiger partial charge in [-0.3, -0.25) is 0 Å². The molecule has 0 bridgehead atoms. The molecule has 1 spiro atoms. The number of nitrogens with zero attached hydrogens (tertiary/aromatic N) is 1. The Bertz CT molecular complexity index is 396. The summed E-state index contributed by atoms with van der Waals surface area (Å²) < 4.78 is 13.8. The Balaban J connectivity index is 1.78. The maximum absolute atomic E-state index is 13.8. The third-order valence-electron chi connectivity index (χ3n) is 4.57. The molecule has 1 saturated heterocycles. The number of rotatable bonds is 1. The van der Waals surface area contributed by atoms with Crippen LogP contribution in [0.4, 0.5) is 15.8 Å². The minimum atomic E-state index is -0.186. The number of para-hydroxylation sites is 1. The smallest absolute Gasteiger partial charge is 0.148 e. The van der Waals surface area contributed by atoms with Crippen molar-refractivity contribution in [2.45, 2.75) is 32.1 Å². The van der Waals surface area contributed by atoms with Crippen LogP contribution in [0.25, 0.3) is 0 Å². The van der Waals surface area contributed by atoms with Crippen LogP contribution < -0.4 is 10.6 Å². The van der Waals surface area contributed by atoms with Gasteiger partial charge in [0.15, 0.2) is 0 Å². The van der Waals surface area contributed by atoms with Crippen LogP contribution >= 0.6 is 0 Å². The van der Waals surface area contributed by atoms with Crippen molar-refractivity contribution in [2.75, 3.05) is 23.7 Å². The maximum atomic E-state index is 13.8. The molecule has 1 aromatic rings. The molecule has 3 rings (SSSR count). The van der Waals surface area contributed by atoms with E-state index in [1.807, 2.05) is 0 Å². The van der Waals surface area contributed by atoms with E-state index in [9.17, 15) is 4.39 Å². The highest BCUT2D eigenvalue weighted by atomic mass is 19.1. The second kappa shape index (κ2) is 3.90. The zero-order chi connectivity index (χ0) is 11.9. The fourth-order valence-corrected chi connectivity index (χ4v) is 3.25. The van der Waals surface area contributed by atoms with E-state index in [1.54, 1.807) is 12.1 Å². The zero-order valence-corrected chi connectivity index (χ0v) is 10.1. The zero-order valence-electron chi connectivity index (χ0n) is 10.1. The van der Waals surface area contributed by atoms with Gasteiger partial charge in [0.25, 0.3) is 0 Å². The number of piperidine rings is 1. The molecule has 2 nitrogen and oxygen atoms in total. The van der Waals surface area contributed by atoms with Crippen LogP contribution in [-0.2, 0) is 0 Å². The van der Waals surface area contributed by atoms with E-state index in [4.69, 9.17) is 5.73 Å². The third-order valence-corrected chi connectivity index (χ3v) is 4.57. The fourth-order valence-electron chi connectivity index (χ4n) is 3.25. The lowest BCUT2D eigenvalue weighted by molar-refractivity contribution is 0.0953. The molecule has 0 atom stereocenters. The highest BCUT2D eigenvalue weighted by Crippen LogP contribution is 2.49. The lowest BCUT2D eigenvalue weighted by Crippen LogP contribution is -2.44. The highest BCUT2D eigenvalue weighted by molar-refractivity contribution is 5.68. The first-order valence-electron chi connectivity index (χ1n) is 6.49. The van der Waals surface area contributed by atoms with E-state index in [0.717, 1.165) is 13.1 Å². The lowest BCUT2D eigenvalue weighted by Gasteiger charge is -2.48. The van der Waals surface area contributed by atoms with Gasteiger partial charge in [0.05, 0.1) is 11.4 Å². The molecule has 92 valence electrons. The van der Waals surface area contributed by atoms with Crippen molar-refractivity contribution >= 4 is 11.4 Å². The van der Waals surface area contributed by atoms with Crippen LogP contribution in [0.15, 0.2) is 18.2 Å². The predicted molar refractivity (Wildman–Crippen MR) is 68.5 cm³/mol. The van der Waals surface area contributed by atoms with Gasteiger partial charge >= 0.3 is 0 Å². The molecule has 1 aliphatic heterocycles. The topological polar surface area (TPSA) is 29.3 Å². The Morgan fingerprint density at radius 3 is 2.35 bits per heavy atom. The van der Waals surface area contributed by atoms with E-state index in [2.05, 4.69) is 4.90 Å². The summed E-state index contributed by atoms with van der Waals surface area (Å²) in [6.45, 7) is 1.90. The molecular weight excluding hydrogens is 215 g/mol. The monoisotopic (exact) mass is 234 g/mol. The summed E-state index contributed by atoms with van der Waals surface area (Å²) in [7, 11) is 0. The van der Waals surface area contributed by atoms with Crippen molar-refractivity contribution in [3.63, 3.8) is 0 Å². The summed E-state index contributed by atoms with van der Waals surface area (Å²) in [5.41, 5.74) is 7.66. The van der Waals surface area contributed by atoms with Gasteiger partial charge in [-0.2, -0.15) is 0 Å². The summed E-state index contributed by atoms with van der Waals surface area (Å²) in [6, 6.07) is 4.96. The molecular formula is C14H19FN2. The third kappa shape index (κ3) is 1.78. The van der Waals surface area contributed by atoms with Gasteiger partial charge in [-0.05, 0) is 43.2 Å². The van der Waals surface area contributed by atoms with E-state index >= 15 is 0 Å². The number of hydrogen-bond donors (Lipinski definition) is 1. The maximum Gasteiger partial charge on any atom is 0.148 e. The average Bonchev–Trinajstić information content (AvgIpc) is 2.28. The quantitative estimate of drug-likeness (QED) is 0.756. The number of benzene rings is 1. The Morgan fingerprint density at radius 1 is 1.12 bits per heavy atom. The van der Waals surface area contributed by atoms with Gasteiger partial charge in [0.1, 0.15) is 5.82 Å². The Labute approximate surface area is 102 Å². The number of nitrogens with two attached hydrogens (primary N) is 1. The Morgan fingerprint density at radius 2 is 1.82 bits per heavy atom. The minimum absolute atomic E-state index is 0.186. The molecule has 1 heterocycles. The molecule has 17 heavy (non-hydrogen) atoms. The van der Waals surface area contributed by atoms with Crippen molar-refractivity contribution < 1.29 is 4.39 Å². The van der Waals surface area contributed by atoms with E-state index in [-0.39, 0.29) is 5.82 Å². The fraction of sp³-hybridized carbons (Fsp3) is 0.571. The van der Waals surface area contributed by atoms with E-state index in [1.165, 1.54) is 38.2 Å². The number of anilines is 2. The molecule has 2 N–H and O–H groups in total. The van der Waals surface area contributed by atoms with Crippen molar-refractivity contribution in [3.05, 3.63) is 24.0 Å². The summed E-state index contributed by atoms with van der Waals surface area (Å²) in [5.74, 6) is -0.186. The Kier molecular flexibility index (Phi) is 2.49. The predicted octanol–water partition coefficient (Wildman–Crippen LogP) is 3.18. The first kappa shape index (κ1) is 10.9. The van der Waals surface area contributed by atoms with Crippen LogP contribution in [-0.4, -0.2) is 13.1 Å². The van der Waals surface area contributed by atoms with Gasteiger partial charge in [0, 0.05) is 13.1 Å². The molecule has 3 heteroatoms. The van der Waals surface area contributed by atoms with Gasteiger partial charge < -0.3 is 10.6 Å². The molecule has 2 fully saturated rings. The minimum Gasteiger partial charge on any atom is -0.397 e. The largest absolute Gasteiger partial charge is 0.397 e. The van der Waals surface area contributed by atoms with Crippen molar-refractivity contribution in [1.82, 2.24) is 0 Å². The molecule has 1 aromatic carbocycles. The van der Waals surface area contributed by atoms with Gasteiger partial charge in [-0.25, -0.2) is 4.39 Å². The molecule has 1 saturated carbocycles. The number of halogens is 1. The normalized spacial score (nSPS) is 22.5. The standard InChI is InChI=1S/C14H19FN2/c15-11-3-1-4-12(16)13(11)17-9-7-14(8-10-17)5-2-6-14/h1,3-4H,2,5-10,16H2. The molecule has 1 aliphatic carbocycles. The van der Waals surface area contributed by atoms with E-state index < -0.39 is 0 Å². The summed E-state index contributed by atoms with van der Waals surface area (Å²) in [6.07, 6.45) is 6.50. The molecule has 0 radical (unpaired) electrons. The molecule has 0 amide bonds. The molecule has 2 aliphatic rings. The van der Waals surface area contributed by atoms with Crippen LogP contribution in [0.1, 0.15) is 32.1 Å². The summed E-state index contributed by atoms with van der Waals surface area (Å²) in [5, 5.41) is 0. The first-order chi connectivity index (χ1) is 8.20. The van der Waals surface area contributed by atoms with Crippen molar-refractivity contribution in [2.24, 2.45) is 5.41 Å². The number of hydrogen-bond acceptors (Lipinski definition) is 2. The second-order valence-corrected chi connectivity index (χ2v) is 5.52.